The molecule has 0 aliphatic carbocycles. The van der Waals surface area contributed by atoms with Crippen LogP contribution in [0, 0.1) is 0 Å². The number of rotatable bonds is 3. The lowest BCUT2D eigenvalue weighted by molar-refractivity contribution is -0.112. The fraction of sp³-hybridized carbons (Fsp3) is 0.300. The summed E-state index contributed by atoms with van der Waals surface area (Å²) in [7, 11) is 0. The molecule has 0 amide bonds. The molecule has 15 heavy (non-hydrogen) atoms. The third-order valence-electron chi connectivity index (χ3n) is 2.18. The summed E-state index contributed by atoms with van der Waals surface area (Å²) in [6.07, 6.45) is 0.402. The van der Waals surface area contributed by atoms with Gasteiger partial charge in [0.05, 0.1) is 6.04 Å². The zero-order chi connectivity index (χ0) is 10.8. The number of ether oxygens (including phenoxy) is 2. The minimum absolute atomic E-state index is 0.235. The SMILES string of the molecule is N[C@@H](Cc1ccc2c(c1)OCO2)C(=O)Cl. The highest BCUT2D eigenvalue weighted by Gasteiger charge is 2.16. The van der Waals surface area contributed by atoms with Gasteiger partial charge in [-0.25, -0.2) is 0 Å². The van der Waals surface area contributed by atoms with E-state index in [4.69, 9.17) is 26.8 Å². The third-order valence-corrected chi connectivity index (χ3v) is 2.46. The molecule has 0 saturated heterocycles. The van der Waals surface area contributed by atoms with Crippen molar-refractivity contribution in [2.45, 2.75) is 12.5 Å². The van der Waals surface area contributed by atoms with Crippen molar-refractivity contribution in [3.8, 4) is 11.5 Å². The topological polar surface area (TPSA) is 61.6 Å². The van der Waals surface area contributed by atoms with E-state index in [-0.39, 0.29) is 6.79 Å². The molecule has 2 N–H and O–H groups in total. The molecule has 1 aromatic carbocycles. The highest BCUT2D eigenvalue weighted by atomic mass is 35.5. The zero-order valence-electron chi connectivity index (χ0n) is 7.90. The largest absolute Gasteiger partial charge is 0.454 e. The van der Waals surface area contributed by atoms with Gasteiger partial charge in [-0.3, -0.25) is 4.79 Å². The summed E-state index contributed by atoms with van der Waals surface area (Å²) in [5.74, 6) is 1.39. The molecular formula is C10H10ClNO3. The maximum atomic E-state index is 10.8. The second-order valence-electron chi connectivity index (χ2n) is 3.30. The normalized spacial score (nSPS) is 15.1. The first-order valence-corrected chi connectivity index (χ1v) is 4.88. The fourth-order valence-electron chi connectivity index (χ4n) is 1.40. The van der Waals surface area contributed by atoms with Crippen LogP contribution in [0.2, 0.25) is 0 Å². The molecule has 0 unspecified atom stereocenters. The van der Waals surface area contributed by atoms with E-state index in [2.05, 4.69) is 0 Å². The standard InChI is InChI=1S/C10H10ClNO3/c11-10(13)7(12)3-6-1-2-8-9(4-6)15-5-14-8/h1-2,4,7H,3,5,12H2/t7-/m0/s1. The van der Waals surface area contributed by atoms with Gasteiger partial charge in [-0.15, -0.1) is 0 Å². The van der Waals surface area contributed by atoms with Crippen molar-refractivity contribution in [2.75, 3.05) is 6.79 Å². The van der Waals surface area contributed by atoms with Gasteiger partial charge in [-0.2, -0.15) is 0 Å². The molecule has 1 heterocycles. The van der Waals surface area contributed by atoms with Crippen LogP contribution in [0.5, 0.6) is 11.5 Å². The van der Waals surface area contributed by atoms with Crippen LogP contribution in [0.15, 0.2) is 18.2 Å². The summed E-state index contributed by atoms with van der Waals surface area (Å²) >= 11 is 5.28. The lowest BCUT2D eigenvalue weighted by atomic mass is 10.1. The summed E-state index contributed by atoms with van der Waals surface area (Å²) < 4.78 is 10.4. The highest BCUT2D eigenvalue weighted by Crippen LogP contribution is 2.32. The van der Waals surface area contributed by atoms with Crippen LogP contribution in [-0.4, -0.2) is 18.1 Å². The van der Waals surface area contributed by atoms with Crippen LogP contribution >= 0.6 is 11.6 Å². The number of benzene rings is 1. The molecule has 1 atom stereocenters. The van der Waals surface area contributed by atoms with Crippen LogP contribution in [0.4, 0.5) is 0 Å². The lowest BCUT2D eigenvalue weighted by Gasteiger charge is -2.06. The molecule has 0 saturated carbocycles. The molecule has 0 spiro atoms. The van der Waals surface area contributed by atoms with Crippen molar-refractivity contribution in [1.82, 2.24) is 0 Å². The lowest BCUT2D eigenvalue weighted by Crippen LogP contribution is -2.29. The number of fused-ring (bicyclic) bond motifs is 1. The minimum Gasteiger partial charge on any atom is -0.454 e. The van der Waals surface area contributed by atoms with Gasteiger partial charge in [0, 0.05) is 0 Å². The Balaban J connectivity index is 2.13. The van der Waals surface area contributed by atoms with Crippen LogP contribution in [0.3, 0.4) is 0 Å². The van der Waals surface area contributed by atoms with Gasteiger partial charge in [0.2, 0.25) is 12.0 Å². The van der Waals surface area contributed by atoms with Crippen LogP contribution in [-0.2, 0) is 11.2 Å². The summed E-state index contributed by atoms with van der Waals surface area (Å²) in [6.45, 7) is 0.235. The van der Waals surface area contributed by atoms with Gasteiger partial charge in [0.15, 0.2) is 11.5 Å². The average molecular weight is 228 g/mol. The zero-order valence-corrected chi connectivity index (χ0v) is 8.66. The smallest absolute Gasteiger partial charge is 0.238 e. The summed E-state index contributed by atoms with van der Waals surface area (Å²) in [5, 5.41) is -0.535. The average Bonchev–Trinajstić information content (AvgIpc) is 2.64. The van der Waals surface area contributed by atoms with Crippen molar-refractivity contribution in [3.63, 3.8) is 0 Å². The molecule has 80 valence electrons. The van der Waals surface area contributed by atoms with Gasteiger partial charge in [0.25, 0.3) is 0 Å². The molecule has 2 rings (SSSR count). The van der Waals surface area contributed by atoms with Gasteiger partial charge in [-0.1, -0.05) is 6.07 Å². The second-order valence-corrected chi connectivity index (χ2v) is 3.67. The Morgan fingerprint density at radius 1 is 1.47 bits per heavy atom. The van der Waals surface area contributed by atoms with Crippen LogP contribution in [0.1, 0.15) is 5.56 Å². The van der Waals surface area contributed by atoms with Gasteiger partial charge in [0.1, 0.15) is 0 Å². The monoisotopic (exact) mass is 227 g/mol. The molecule has 0 fully saturated rings. The molecule has 1 aliphatic rings. The molecule has 4 nitrogen and oxygen atoms in total. The molecule has 5 heteroatoms. The molecule has 0 bridgehead atoms. The van der Waals surface area contributed by atoms with E-state index in [1.165, 1.54) is 0 Å². The highest BCUT2D eigenvalue weighted by molar-refractivity contribution is 6.64. The van der Waals surface area contributed by atoms with Gasteiger partial charge in [-0.05, 0) is 35.7 Å². The van der Waals surface area contributed by atoms with E-state index >= 15 is 0 Å². The summed E-state index contributed by atoms with van der Waals surface area (Å²) in [4.78, 5) is 10.8. The number of hydrogen-bond acceptors (Lipinski definition) is 4. The van der Waals surface area contributed by atoms with Crippen molar-refractivity contribution in [2.24, 2.45) is 5.73 Å². The van der Waals surface area contributed by atoms with E-state index in [9.17, 15) is 4.79 Å². The van der Waals surface area contributed by atoms with E-state index in [1.54, 1.807) is 6.07 Å². The molecule has 1 aliphatic heterocycles. The van der Waals surface area contributed by atoms with E-state index in [0.717, 1.165) is 5.56 Å². The van der Waals surface area contributed by atoms with Crippen molar-refractivity contribution in [1.29, 1.82) is 0 Å². The van der Waals surface area contributed by atoms with E-state index in [1.807, 2.05) is 12.1 Å². The van der Waals surface area contributed by atoms with Gasteiger partial charge < -0.3 is 15.2 Å². The quantitative estimate of drug-likeness (QED) is 0.785. The Labute approximate surface area is 91.9 Å². The Kier molecular flexibility index (Phi) is 2.79. The number of halogens is 1. The first-order valence-electron chi connectivity index (χ1n) is 4.50. The molecule has 0 radical (unpaired) electrons. The predicted molar refractivity (Wildman–Crippen MR) is 55.1 cm³/mol. The summed E-state index contributed by atoms with van der Waals surface area (Å²) in [6, 6.07) is 4.77. The fourth-order valence-corrected chi connectivity index (χ4v) is 1.48. The van der Waals surface area contributed by atoms with E-state index in [0.29, 0.717) is 17.9 Å². The maximum absolute atomic E-state index is 10.8. The van der Waals surface area contributed by atoms with Crippen molar-refractivity contribution >= 4 is 16.8 Å². The van der Waals surface area contributed by atoms with Crippen molar-refractivity contribution < 1.29 is 14.3 Å². The van der Waals surface area contributed by atoms with E-state index < -0.39 is 11.3 Å². The van der Waals surface area contributed by atoms with Crippen LogP contribution in [0.25, 0.3) is 0 Å². The Morgan fingerprint density at radius 2 is 2.20 bits per heavy atom. The minimum atomic E-state index is -0.674. The Morgan fingerprint density at radius 3 is 2.93 bits per heavy atom. The van der Waals surface area contributed by atoms with Crippen molar-refractivity contribution in [3.05, 3.63) is 23.8 Å². The maximum Gasteiger partial charge on any atom is 0.238 e. The Hall–Kier alpha value is -1.26. The third kappa shape index (κ3) is 2.22. The van der Waals surface area contributed by atoms with Crippen LogP contribution < -0.4 is 15.2 Å². The second kappa shape index (κ2) is 4.08. The predicted octanol–water partition coefficient (Wildman–Crippen LogP) is 1.05. The number of carbonyl (C=O) groups excluding carboxylic acids is 1. The number of carbonyl (C=O) groups is 1. The van der Waals surface area contributed by atoms with Gasteiger partial charge >= 0.3 is 0 Å². The number of hydrogen-bond donors (Lipinski definition) is 1. The first-order chi connectivity index (χ1) is 7.16. The first kappa shape index (κ1) is 10.3. The molecule has 1 aromatic rings. The number of nitrogens with two attached hydrogens (primary N) is 1. The molecular weight excluding hydrogens is 218 g/mol. The summed E-state index contributed by atoms with van der Waals surface area (Å²) in [5.41, 5.74) is 6.44. The Bertz CT molecular complexity index is 394. The molecule has 0 aromatic heterocycles.